The fraction of sp³-hybridized carbons (Fsp3) is 0.588. The maximum absolute atomic E-state index is 12.1. The lowest BCUT2D eigenvalue weighted by Gasteiger charge is -2.22. The third-order valence-corrected chi connectivity index (χ3v) is 3.00. The number of carbonyl (C=O) groups excluding carboxylic acids is 3. The number of hydrogen-bond acceptors (Lipinski definition) is 5. The van der Waals surface area contributed by atoms with Crippen LogP contribution in [0.5, 0.6) is 0 Å². The summed E-state index contributed by atoms with van der Waals surface area (Å²) in [5.41, 5.74) is 0.261. The standard InChI is InChI=1S/C17H25NO5/c1-17(2,3)23-16(21)18-14(10-7-11-19)15(20)22-12-13-8-5-4-6-9-13/h5,8-9,11,14H,4,6-7,10,12H2,1-3H3,(H,18,21). The van der Waals surface area contributed by atoms with Crippen LogP contribution in [-0.4, -0.2) is 36.6 Å². The Morgan fingerprint density at radius 2 is 2.09 bits per heavy atom. The van der Waals surface area contributed by atoms with Crippen molar-refractivity contribution in [2.24, 2.45) is 0 Å². The monoisotopic (exact) mass is 323 g/mol. The van der Waals surface area contributed by atoms with E-state index in [2.05, 4.69) is 5.32 Å². The summed E-state index contributed by atoms with van der Waals surface area (Å²) in [5, 5.41) is 2.46. The van der Waals surface area contributed by atoms with Gasteiger partial charge in [0.2, 0.25) is 0 Å². The molecule has 0 aromatic carbocycles. The molecule has 0 spiro atoms. The summed E-state index contributed by atoms with van der Waals surface area (Å²) < 4.78 is 10.4. The van der Waals surface area contributed by atoms with Crippen LogP contribution in [-0.2, 0) is 19.1 Å². The first-order chi connectivity index (χ1) is 10.8. The Bertz CT molecular complexity index is 488. The van der Waals surface area contributed by atoms with E-state index in [1.807, 2.05) is 18.2 Å². The maximum atomic E-state index is 12.1. The maximum Gasteiger partial charge on any atom is 0.408 e. The van der Waals surface area contributed by atoms with Gasteiger partial charge in [-0.3, -0.25) is 0 Å². The minimum absolute atomic E-state index is 0.151. The number of ether oxygens (including phenoxy) is 2. The topological polar surface area (TPSA) is 81.7 Å². The van der Waals surface area contributed by atoms with Gasteiger partial charge in [0.05, 0.1) is 0 Å². The number of allylic oxidation sites excluding steroid dienone is 2. The Hall–Kier alpha value is -2.11. The minimum atomic E-state index is -0.900. The molecule has 0 heterocycles. The van der Waals surface area contributed by atoms with Crippen LogP contribution in [0, 0.1) is 0 Å². The molecule has 6 heteroatoms. The molecule has 1 aliphatic carbocycles. The van der Waals surface area contributed by atoms with Gasteiger partial charge in [-0.1, -0.05) is 18.2 Å². The van der Waals surface area contributed by atoms with Gasteiger partial charge < -0.3 is 19.6 Å². The lowest BCUT2D eigenvalue weighted by Crippen LogP contribution is -2.44. The van der Waals surface area contributed by atoms with Gasteiger partial charge in [-0.15, -0.1) is 0 Å². The lowest BCUT2D eigenvalue weighted by molar-refractivity contribution is -0.145. The van der Waals surface area contributed by atoms with E-state index < -0.39 is 23.7 Å². The van der Waals surface area contributed by atoms with E-state index in [4.69, 9.17) is 9.47 Å². The van der Waals surface area contributed by atoms with Crippen LogP contribution >= 0.6 is 0 Å². The lowest BCUT2D eigenvalue weighted by atomic mass is 10.1. The highest BCUT2D eigenvalue weighted by atomic mass is 16.6. The minimum Gasteiger partial charge on any atom is -0.459 e. The van der Waals surface area contributed by atoms with Crippen molar-refractivity contribution in [3.05, 3.63) is 23.8 Å². The van der Waals surface area contributed by atoms with Gasteiger partial charge in [-0.05, 0) is 45.6 Å². The van der Waals surface area contributed by atoms with E-state index in [9.17, 15) is 14.4 Å². The molecule has 0 fully saturated rings. The highest BCUT2D eigenvalue weighted by Crippen LogP contribution is 2.11. The third kappa shape index (κ3) is 8.18. The molecule has 1 atom stereocenters. The molecule has 0 aliphatic heterocycles. The summed E-state index contributed by atoms with van der Waals surface area (Å²) in [4.78, 5) is 34.5. The van der Waals surface area contributed by atoms with Crippen molar-refractivity contribution < 1.29 is 23.9 Å². The van der Waals surface area contributed by atoms with Gasteiger partial charge in [0, 0.05) is 6.42 Å². The average molecular weight is 323 g/mol. The zero-order chi connectivity index (χ0) is 17.3. The molecule has 0 aromatic rings. The van der Waals surface area contributed by atoms with Crippen molar-refractivity contribution in [1.29, 1.82) is 0 Å². The largest absolute Gasteiger partial charge is 0.459 e. The second-order valence-corrected chi connectivity index (χ2v) is 6.31. The van der Waals surface area contributed by atoms with Crippen LogP contribution in [0.2, 0.25) is 0 Å². The normalized spacial score (nSPS) is 15.3. The summed E-state index contributed by atoms with van der Waals surface area (Å²) in [5.74, 6) is -0.572. The Morgan fingerprint density at radius 3 is 2.65 bits per heavy atom. The zero-order valence-electron chi connectivity index (χ0n) is 14.0. The van der Waals surface area contributed by atoms with Crippen molar-refractivity contribution in [2.45, 2.75) is 58.1 Å². The van der Waals surface area contributed by atoms with Crippen LogP contribution in [0.1, 0.15) is 46.5 Å². The molecule has 6 nitrogen and oxygen atoms in total. The van der Waals surface area contributed by atoms with Crippen molar-refractivity contribution in [3.8, 4) is 0 Å². The van der Waals surface area contributed by atoms with Gasteiger partial charge in [-0.2, -0.15) is 0 Å². The van der Waals surface area contributed by atoms with Crippen LogP contribution < -0.4 is 5.32 Å². The molecule has 128 valence electrons. The van der Waals surface area contributed by atoms with E-state index in [1.54, 1.807) is 20.8 Å². The van der Waals surface area contributed by atoms with Gasteiger partial charge in [-0.25, -0.2) is 9.59 Å². The molecule has 1 unspecified atom stereocenters. The molecular formula is C17H25NO5. The summed E-state index contributed by atoms with van der Waals surface area (Å²) in [6, 6.07) is -0.900. The van der Waals surface area contributed by atoms with Gasteiger partial charge in [0.15, 0.2) is 0 Å². The SMILES string of the molecule is CC(C)(C)OC(=O)NC(CCC=O)C(=O)OCC1=CCCC=C1. The van der Waals surface area contributed by atoms with E-state index >= 15 is 0 Å². The number of amides is 1. The van der Waals surface area contributed by atoms with Crippen LogP contribution in [0.25, 0.3) is 0 Å². The van der Waals surface area contributed by atoms with E-state index in [1.165, 1.54) is 0 Å². The highest BCUT2D eigenvalue weighted by molar-refractivity contribution is 5.81. The summed E-state index contributed by atoms with van der Waals surface area (Å²) in [6.45, 7) is 5.34. The molecule has 1 amide bonds. The molecule has 0 radical (unpaired) electrons. The number of rotatable bonds is 7. The number of aldehydes is 1. The Morgan fingerprint density at radius 1 is 1.35 bits per heavy atom. The third-order valence-electron chi connectivity index (χ3n) is 3.00. The molecule has 0 aromatic heterocycles. The van der Waals surface area contributed by atoms with Crippen molar-refractivity contribution in [3.63, 3.8) is 0 Å². The smallest absolute Gasteiger partial charge is 0.408 e. The van der Waals surface area contributed by atoms with Crippen LogP contribution in [0.4, 0.5) is 4.79 Å². The number of carbonyl (C=O) groups is 3. The summed E-state index contributed by atoms with van der Waals surface area (Å²) >= 11 is 0. The molecular weight excluding hydrogens is 298 g/mol. The molecule has 0 bridgehead atoms. The predicted octanol–water partition coefficient (Wildman–Crippen LogP) is 2.68. The Labute approximate surface area is 136 Å². The Kier molecular flexibility index (Phi) is 7.51. The Balaban J connectivity index is 2.55. The number of nitrogens with one attached hydrogen (secondary N) is 1. The van der Waals surface area contributed by atoms with Gasteiger partial charge >= 0.3 is 12.1 Å². The first-order valence-corrected chi connectivity index (χ1v) is 7.77. The second kappa shape index (κ2) is 9.12. The number of hydrogen-bond donors (Lipinski definition) is 1. The van der Waals surface area contributed by atoms with E-state index in [-0.39, 0.29) is 19.4 Å². The van der Waals surface area contributed by atoms with Crippen molar-refractivity contribution >= 4 is 18.3 Å². The molecule has 23 heavy (non-hydrogen) atoms. The fourth-order valence-electron chi connectivity index (χ4n) is 1.96. The molecule has 0 saturated heterocycles. The molecule has 1 rings (SSSR count). The van der Waals surface area contributed by atoms with Crippen LogP contribution in [0.3, 0.4) is 0 Å². The van der Waals surface area contributed by atoms with E-state index in [0.717, 1.165) is 18.4 Å². The predicted molar refractivity (Wildman–Crippen MR) is 85.9 cm³/mol. The quantitative estimate of drug-likeness (QED) is 0.575. The average Bonchev–Trinajstić information content (AvgIpc) is 2.48. The zero-order valence-corrected chi connectivity index (χ0v) is 14.0. The summed E-state index contributed by atoms with van der Waals surface area (Å²) in [6.07, 6.45) is 8.17. The van der Waals surface area contributed by atoms with E-state index in [0.29, 0.717) is 6.29 Å². The van der Waals surface area contributed by atoms with Crippen LogP contribution in [0.15, 0.2) is 23.8 Å². The highest BCUT2D eigenvalue weighted by Gasteiger charge is 2.25. The first-order valence-electron chi connectivity index (χ1n) is 7.77. The molecule has 1 N–H and O–H groups in total. The van der Waals surface area contributed by atoms with Crippen molar-refractivity contribution in [2.75, 3.05) is 6.61 Å². The first kappa shape index (κ1) is 18.9. The fourth-order valence-corrected chi connectivity index (χ4v) is 1.96. The van der Waals surface area contributed by atoms with Gasteiger partial charge in [0.1, 0.15) is 24.5 Å². The molecule has 0 saturated carbocycles. The molecule has 1 aliphatic rings. The summed E-state index contributed by atoms with van der Waals surface area (Å²) in [7, 11) is 0. The van der Waals surface area contributed by atoms with Gasteiger partial charge in [0.25, 0.3) is 0 Å². The number of esters is 1. The second-order valence-electron chi connectivity index (χ2n) is 6.31. The number of alkyl carbamates (subject to hydrolysis) is 1. The van der Waals surface area contributed by atoms with Crippen molar-refractivity contribution in [1.82, 2.24) is 5.32 Å².